The van der Waals surface area contributed by atoms with E-state index in [-0.39, 0.29) is 5.54 Å². The zero-order valence-electron chi connectivity index (χ0n) is 12.0. The molecule has 0 aliphatic carbocycles. The van der Waals surface area contributed by atoms with Gasteiger partial charge in [-0.2, -0.15) is 0 Å². The van der Waals surface area contributed by atoms with Crippen molar-refractivity contribution in [2.75, 3.05) is 26.7 Å². The monoisotopic (exact) mass is 267 g/mol. The fourth-order valence-electron chi connectivity index (χ4n) is 2.78. The summed E-state index contributed by atoms with van der Waals surface area (Å²) in [4.78, 5) is 8.80. The topological polar surface area (TPSA) is 28.2 Å². The van der Waals surface area contributed by atoms with Gasteiger partial charge in [0.2, 0.25) is 0 Å². The molecule has 1 saturated heterocycles. The predicted octanol–water partition coefficient (Wildman–Crippen LogP) is 2.54. The number of hydrogen-bond donors (Lipinski definition) is 1. The first-order chi connectivity index (χ1) is 8.65. The van der Waals surface area contributed by atoms with Crippen molar-refractivity contribution < 1.29 is 0 Å². The van der Waals surface area contributed by atoms with Crippen molar-refractivity contribution in [2.45, 2.75) is 45.6 Å². The number of piperidine rings is 1. The van der Waals surface area contributed by atoms with Crippen molar-refractivity contribution in [3.63, 3.8) is 0 Å². The maximum absolute atomic E-state index is 4.88. The normalized spacial score (nSPS) is 20.2. The van der Waals surface area contributed by atoms with E-state index in [1.807, 2.05) is 11.3 Å². The van der Waals surface area contributed by atoms with Gasteiger partial charge < -0.3 is 10.2 Å². The average molecular weight is 267 g/mol. The summed E-state index contributed by atoms with van der Waals surface area (Å²) >= 11 is 1.89. The molecule has 1 aromatic rings. The van der Waals surface area contributed by atoms with Gasteiger partial charge in [0.25, 0.3) is 0 Å². The molecule has 0 unspecified atom stereocenters. The molecule has 102 valence electrons. The molecule has 1 aliphatic heterocycles. The van der Waals surface area contributed by atoms with E-state index in [4.69, 9.17) is 4.98 Å². The summed E-state index contributed by atoms with van der Waals surface area (Å²) in [5.41, 5.74) is 1.40. The van der Waals surface area contributed by atoms with Gasteiger partial charge in [0, 0.05) is 18.0 Å². The summed E-state index contributed by atoms with van der Waals surface area (Å²) in [5.74, 6) is 0. The van der Waals surface area contributed by atoms with Crippen molar-refractivity contribution in [1.29, 1.82) is 0 Å². The lowest BCUT2D eigenvalue weighted by Crippen LogP contribution is -2.49. The molecule has 0 spiro atoms. The Balaban J connectivity index is 2.22. The molecular formula is C14H25N3S. The lowest BCUT2D eigenvalue weighted by atomic mass is 9.88. The van der Waals surface area contributed by atoms with Crippen molar-refractivity contribution in [3.05, 3.63) is 15.6 Å². The summed E-state index contributed by atoms with van der Waals surface area (Å²) in [6.45, 7) is 10.2. The van der Waals surface area contributed by atoms with Gasteiger partial charge in [-0.15, -0.1) is 11.3 Å². The molecule has 2 rings (SSSR count). The molecule has 0 amide bonds. The highest BCUT2D eigenvalue weighted by Gasteiger charge is 2.37. The zero-order valence-corrected chi connectivity index (χ0v) is 12.9. The van der Waals surface area contributed by atoms with Crippen LogP contribution < -0.4 is 5.32 Å². The number of nitrogens with zero attached hydrogens (tertiary/aromatic N) is 2. The summed E-state index contributed by atoms with van der Waals surface area (Å²) in [7, 11) is 2.09. The minimum Gasteiger partial charge on any atom is -0.308 e. The van der Waals surface area contributed by atoms with Gasteiger partial charge in [-0.3, -0.25) is 0 Å². The van der Waals surface area contributed by atoms with E-state index in [9.17, 15) is 0 Å². The second-order valence-corrected chi connectivity index (χ2v) is 6.35. The Morgan fingerprint density at radius 2 is 2.00 bits per heavy atom. The van der Waals surface area contributed by atoms with E-state index in [1.165, 1.54) is 41.5 Å². The third-order valence-corrected chi connectivity index (χ3v) is 5.49. The maximum atomic E-state index is 4.88. The molecule has 3 nitrogen and oxygen atoms in total. The van der Waals surface area contributed by atoms with E-state index >= 15 is 0 Å². The second kappa shape index (κ2) is 5.68. The smallest absolute Gasteiger partial charge is 0.113 e. The number of aryl methyl sites for hydroxylation is 2. The summed E-state index contributed by atoms with van der Waals surface area (Å²) in [5, 5.41) is 4.87. The van der Waals surface area contributed by atoms with E-state index in [2.05, 4.69) is 38.0 Å². The summed E-state index contributed by atoms with van der Waals surface area (Å²) in [6.07, 6.45) is 3.39. The Morgan fingerprint density at radius 1 is 1.33 bits per heavy atom. The Hall–Kier alpha value is -0.450. The highest BCUT2D eigenvalue weighted by atomic mass is 32.1. The number of likely N-dealkylation sites (tertiary alicyclic amines) is 1. The van der Waals surface area contributed by atoms with Crippen molar-refractivity contribution >= 4 is 11.3 Å². The van der Waals surface area contributed by atoms with Crippen LogP contribution in [0.5, 0.6) is 0 Å². The van der Waals surface area contributed by atoms with Gasteiger partial charge in [0.1, 0.15) is 5.01 Å². The molecule has 0 saturated carbocycles. The third-order valence-electron chi connectivity index (χ3n) is 4.27. The van der Waals surface area contributed by atoms with Gasteiger partial charge in [0.05, 0.1) is 11.2 Å². The van der Waals surface area contributed by atoms with Gasteiger partial charge in [-0.1, -0.05) is 13.8 Å². The van der Waals surface area contributed by atoms with Crippen LogP contribution in [0.3, 0.4) is 0 Å². The Morgan fingerprint density at radius 3 is 2.44 bits per heavy atom. The minimum absolute atomic E-state index is 0.120. The van der Waals surface area contributed by atoms with E-state index in [1.54, 1.807) is 0 Å². The number of aromatic nitrogens is 1. The summed E-state index contributed by atoms with van der Waals surface area (Å²) in [6, 6.07) is 0. The summed E-state index contributed by atoms with van der Waals surface area (Å²) < 4.78 is 0. The Labute approximate surface area is 115 Å². The van der Waals surface area contributed by atoms with Crippen LogP contribution in [0.1, 0.15) is 42.3 Å². The van der Waals surface area contributed by atoms with Gasteiger partial charge >= 0.3 is 0 Å². The lowest BCUT2D eigenvalue weighted by Gasteiger charge is -2.40. The Bertz CT molecular complexity index is 392. The Kier molecular flexibility index (Phi) is 4.41. The molecule has 4 heteroatoms. The fourth-order valence-corrected chi connectivity index (χ4v) is 4.04. The first-order valence-corrected chi connectivity index (χ1v) is 7.85. The van der Waals surface area contributed by atoms with Crippen LogP contribution in [0.4, 0.5) is 0 Å². The first kappa shape index (κ1) is 14.0. The average Bonchev–Trinajstić information content (AvgIpc) is 2.80. The van der Waals surface area contributed by atoms with Gasteiger partial charge in [-0.05, 0) is 39.8 Å². The molecule has 1 aliphatic rings. The molecule has 1 fully saturated rings. The molecule has 0 aromatic carbocycles. The third kappa shape index (κ3) is 2.46. The zero-order chi connectivity index (χ0) is 13.2. The number of hydrogen-bond acceptors (Lipinski definition) is 4. The van der Waals surface area contributed by atoms with Crippen LogP contribution in [0.2, 0.25) is 0 Å². The van der Waals surface area contributed by atoms with Crippen LogP contribution in [-0.2, 0) is 12.0 Å². The number of rotatable bonds is 4. The van der Waals surface area contributed by atoms with Crippen LogP contribution in [-0.4, -0.2) is 36.6 Å². The van der Waals surface area contributed by atoms with Crippen LogP contribution >= 0.6 is 11.3 Å². The lowest BCUT2D eigenvalue weighted by molar-refractivity contribution is 0.145. The predicted molar refractivity (Wildman–Crippen MR) is 78.3 cm³/mol. The van der Waals surface area contributed by atoms with Crippen LogP contribution in [0.25, 0.3) is 0 Å². The van der Waals surface area contributed by atoms with Gasteiger partial charge in [0.15, 0.2) is 0 Å². The molecule has 18 heavy (non-hydrogen) atoms. The number of thiazole rings is 1. The van der Waals surface area contributed by atoms with Crippen molar-refractivity contribution in [3.8, 4) is 0 Å². The number of nitrogens with one attached hydrogen (secondary N) is 1. The molecule has 2 heterocycles. The fraction of sp³-hybridized carbons (Fsp3) is 0.786. The SMILES string of the molecule is CCc1nc(C2(NC)CCN(CC)CC2)sc1C. The van der Waals surface area contributed by atoms with Crippen molar-refractivity contribution in [2.24, 2.45) is 0 Å². The van der Waals surface area contributed by atoms with Crippen LogP contribution in [0, 0.1) is 6.92 Å². The minimum atomic E-state index is 0.120. The molecule has 1 N–H and O–H groups in total. The highest BCUT2D eigenvalue weighted by Crippen LogP contribution is 2.36. The van der Waals surface area contributed by atoms with E-state index < -0.39 is 0 Å². The van der Waals surface area contributed by atoms with E-state index in [0.29, 0.717) is 0 Å². The van der Waals surface area contributed by atoms with Gasteiger partial charge in [-0.25, -0.2) is 4.98 Å². The quantitative estimate of drug-likeness (QED) is 0.908. The molecular weight excluding hydrogens is 242 g/mol. The first-order valence-electron chi connectivity index (χ1n) is 7.03. The second-order valence-electron chi connectivity index (χ2n) is 5.14. The highest BCUT2D eigenvalue weighted by molar-refractivity contribution is 7.11. The maximum Gasteiger partial charge on any atom is 0.113 e. The van der Waals surface area contributed by atoms with E-state index in [0.717, 1.165) is 13.0 Å². The molecule has 0 bridgehead atoms. The standard InChI is InChI=1S/C14H25N3S/c1-5-12-11(3)18-13(16-12)14(15-4)7-9-17(6-2)10-8-14/h15H,5-10H2,1-4H3. The molecule has 0 atom stereocenters. The van der Waals surface area contributed by atoms with Crippen LogP contribution in [0.15, 0.2) is 0 Å². The van der Waals surface area contributed by atoms with Crippen molar-refractivity contribution in [1.82, 2.24) is 15.2 Å². The molecule has 0 radical (unpaired) electrons. The largest absolute Gasteiger partial charge is 0.308 e. The molecule has 1 aromatic heterocycles.